The molecule has 1 atom stereocenters. The highest BCUT2D eigenvalue weighted by Gasteiger charge is 2.46. The van der Waals surface area contributed by atoms with E-state index in [0.717, 1.165) is 20.6 Å². The number of rotatable bonds is 4. The number of aryl methyl sites for hydroxylation is 2. The Morgan fingerprint density at radius 2 is 2.04 bits per heavy atom. The molecule has 2 aromatic heterocycles. The summed E-state index contributed by atoms with van der Waals surface area (Å²) in [4.78, 5) is 33.5. The number of amides is 1. The van der Waals surface area contributed by atoms with Gasteiger partial charge in [0, 0.05) is 9.35 Å². The van der Waals surface area contributed by atoms with Crippen molar-refractivity contribution in [2.45, 2.75) is 19.9 Å². The molecule has 3 aromatic rings. The molecule has 0 saturated heterocycles. The van der Waals surface area contributed by atoms with Crippen LogP contribution in [0.1, 0.15) is 31.8 Å². The van der Waals surface area contributed by atoms with Gasteiger partial charge in [0.05, 0.1) is 22.2 Å². The Hall–Kier alpha value is -2.29. The molecular formula is C20H15BrN2O3S2. The van der Waals surface area contributed by atoms with E-state index in [-0.39, 0.29) is 11.4 Å². The lowest BCUT2D eigenvalue weighted by atomic mass is 9.96. The van der Waals surface area contributed by atoms with Crippen molar-refractivity contribution in [3.63, 3.8) is 0 Å². The van der Waals surface area contributed by atoms with E-state index in [0.29, 0.717) is 10.0 Å². The molecule has 5 nitrogen and oxygen atoms in total. The molecule has 0 aliphatic carbocycles. The Labute approximate surface area is 178 Å². The van der Waals surface area contributed by atoms with Gasteiger partial charge in [-0.3, -0.25) is 14.5 Å². The lowest BCUT2D eigenvalue weighted by Crippen LogP contribution is -2.31. The zero-order valence-electron chi connectivity index (χ0n) is 15.0. The maximum Gasteiger partial charge on any atom is 0.296 e. The predicted molar refractivity (Wildman–Crippen MR) is 114 cm³/mol. The Kier molecular flexibility index (Phi) is 4.95. The van der Waals surface area contributed by atoms with Crippen LogP contribution in [0.15, 0.2) is 57.6 Å². The van der Waals surface area contributed by atoms with E-state index in [4.69, 9.17) is 0 Å². The Bertz CT molecular complexity index is 1100. The third-order valence-electron chi connectivity index (χ3n) is 4.59. The van der Waals surface area contributed by atoms with Crippen molar-refractivity contribution < 1.29 is 14.7 Å². The minimum atomic E-state index is -0.746. The summed E-state index contributed by atoms with van der Waals surface area (Å²) >= 11 is 6.09. The van der Waals surface area contributed by atoms with Gasteiger partial charge in [0.15, 0.2) is 10.9 Å². The number of Topliss-reactive ketones (excluding diaryl/α,β-unsaturated/α-hetero) is 1. The van der Waals surface area contributed by atoms with Crippen LogP contribution in [0, 0.1) is 13.8 Å². The number of thiophene rings is 1. The van der Waals surface area contributed by atoms with Crippen molar-refractivity contribution in [1.29, 1.82) is 0 Å². The lowest BCUT2D eigenvalue weighted by Gasteiger charge is -2.24. The van der Waals surface area contributed by atoms with Crippen molar-refractivity contribution in [2.24, 2.45) is 0 Å². The maximum absolute atomic E-state index is 13.2. The highest BCUT2D eigenvalue weighted by molar-refractivity contribution is 9.10. The van der Waals surface area contributed by atoms with Crippen LogP contribution in [0.5, 0.6) is 0 Å². The molecule has 0 saturated carbocycles. The highest BCUT2D eigenvalue weighted by Crippen LogP contribution is 2.44. The topological polar surface area (TPSA) is 70.5 Å². The van der Waals surface area contributed by atoms with Gasteiger partial charge in [0.2, 0.25) is 5.78 Å². The van der Waals surface area contributed by atoms with Crippen molar-refractivity contribution >= 4 is 55.4 Å². The first-order valence-corrected chi connectivity index (χ1v) is 10.9. The molecule has 0 radical (unpaired) electrons. The number of carbonyl (C=O) groups is 2. The van der Waals surface area contributed by atoms with Gasteiger partial charge in [-0.2, -0.15) is 0 Å². The largest absolute Gasteiger partial charge is 0.503 e. The average molecular weight is 475 g/mol. The number of nitrogens with zero attached hydrogens (tertiary/aromatic N) is 2. The molecule has 28 heavy (non-hydrogen) atoms. The van der Waals surface area contributed by atoms with Crippen molar-refractivity contribution in [3.05, 3.63) is 78.6 Å². The number of aromatic nitrogens is 1. The molecule has 0 spiro atoms. The molecule has 1 aromatic carbocycles. The Morgan fingerprint density at radius 1 is 1.25 bits per heavy atom. The number of anilines is 1. The molecule has 8 heteroatoms. The summed E-state index contributed by atoms with van der Waals surface area (Å²) in [7, 11) is 0. The number of aliphatic hydroxyl groups is 1. The third kappa shape index (κ3) is 3.11. The second kappa shape index (κ2) is 7.27. The number of benzene rings is 1. The molecule has 0 fully saturated rings. The number of halogens is 1. The van der Waals surface area contributed by atoms with Gasteiger partial charge in [-0.25, -0.2) is 4.98 Å². The standard InChI is InChI=1S/C20H15BrN2O3S2/c1-10-11(2)28-20(22-10)23-16(12-5-3-6-13(21)9-12)15(18(25)19(23)26)17(24)14-7-4-8-27-14/h3-9,16,25H,1-2H3. The molecule has 3 heterocycles. The smallest absolute Gasteiger partial charge is 0.296 e. The van der Waals surface area contributed by atoms with E-state index in [1.165, 1.54) is 27.6 Å². The summed E-state index contributed by atoms with van der Waals surface area (Å²) in [5, 5.41) is 12.9. The van der Waals surface area contributed by atoms with Crippen LogP contribution in [0.4, 0.5) is 5.13 Å². The number of hydrogen-bond donors (Lipinski definition) is 1. The zero-order chi connectivity index (χ0) is 20.0. The van der Waals surface area contributed by atoms with Crippen LogP contribution in [-0.4, -0.2) is 21.8 Å². The van der Waals surface area contributed by atoms with Crippen LogP contribution in [0.25, 0.3) is 0 Å². The number of ketones is 1. The number of hydrogen-bond acceptors (Lipinski definition) is 6. The summed E-state index contributed by atoms with van der Waals surface area (Å²) in [6, 6.07) is 10.1. The van der Waals surface area contributed by atoms with Crippen LogP contribution in [0.3, 0.4) is 0 Å². The molecule has 1 unspecified atom stereocenters. The average Bonchev–Trinajstić information content (AvgIpc) is 3.36. The minimum Gasteiger partial charge on any atom is -0.503 e. The van der Waals surface area contributed by atoms with E-state index >= 15 is 0 Å². The molecule has 0 bridgehead atoms. The van der Waals surface area contributed by atoms with E-state index in [1.54, 1.807) is 17.5 Å². The molecule has 1 amide bonds. The molecule has 1 aliphatic heterocycles. The molecule has 1 N–H and O–H groups in total. The Balaban J connectivity index is 1.90. The fourth-order valence-electron chi connectivity index (χ4n) is 3.13. The minimum absolute atomic E-state index is 0.0797. The maximum atomic E-state index is 13.2. The quantitative estimate of drug-likeness (QED) is 0.516. The summed E-state index contributed by atoms with van der Waals surface area (Å²) in [6.07, 6.45) is 0. The van der Waals surface area contributed by atoms with Gasteiger partial charge in [-0.1, -0.05) is 34.1 Å². The first kappa shape index (κ1) is 19.0. The zero-order valence-corrected chi connectivity index (χ0v) is 18.2. The lowest BCUT2D eigenvalue weighted by molar-refractivity contribution is -0.117. The van der Waals surface area contributed by atoms with E-state index in [1.807, 2.05) is 38.1 Å². The number of aliphatic hydroxyl groups excluding tert-OH is 1. The Morgan fingerprint density at radius 3 is 2.64 bits per heavy atom. The van der Waals surface area contributed by atoms with Gasteiger partial charge in [-0.15, -0.1) is 22.7 Å². The first-order chi connectivity index (χ1) is 13.4. The van der Waals surface area contributed by atoms with Crippen LogP contribution in [-0.2, 0) is 4.79 Å². The van der Waals surface area contributed by atoms with Crippen molar-refractivity contribution in [3.8, 4) is 0 Å². The molecule has 142 valence electrons. The second-order valence-electron chi connectivity index (χ2n) is 6.34. The van der Waals surface area contributed by atoms with Gasteiger partial charge >= 0.3 is 0 Å². The van der Waals surface area contributed by atoms with Crippen LogP contribution in [0.2, 0.25) is 0 Å². The van der Waals surface area contributed by atoms with Crippen molar-refractivity contribution in [1.82, 2.24) is 4.98 Å². The summed E-state index contributed by atoms with van der Waals surface area (Å²) < 4.78 is 0.818. The van der Waals surface area contributed by atoms with E-state index in [9.17, 15) is 14.7 Å². The van der Waals surface area contributed by atoms with Crippen LogP contribution >= 0.6 is 38.6 Å². The fourth-order valence-corrected chi connectivity index (χ4v) is 5.16. The van der Waals surface area contributed by atoms with Gasteiger partial charge < -0.3 is 5.11 Å². The summed E-state index contributed by atoms with van der Waals surface area (Å²) in [6.45, 7) is 3.80. The number of carbonyl (C=O) groups excluding carboxylic acids is 2. The van der Waals surface area contributed by atoms with E-state index < -0.39 is 17.7 Å². The van der Waals surface area contributed by atoms with E-state index in [2.05, 4.69) is 20.9 Å². The van der Waals surface area contributed by atoms with Gasteiger partial charge in [0.1, 0.15) is 0 Å². The second-order valence-corrected chi connectivity index (χ2v) is 9.38. The number of thiazole rings is 1. The van der Waals surface area contributed by atoms with Gasteiger partial charge in [-0.05, 0) is 43.0 Å². The molecule has 1 aliphatic rings. The third-order valence-corrected chi connectivity index (χ3v) is 7.02. The first-order valence-electron chi connectivity index (χ1n) is 8.43. The SMILES string of the molecule is Cc1nc(N2C(=O)C(O)=C(C(=O)c3cccs3)C2c2cccc(Br)c2)sc1C. The monoisotopic (exact) mass is 474 g/mol. The summed E-state index contributed by atoms with van der Waals surface area (Å²) in [5.74, 6) is -1.48. The molecule has 4 rings (SSSR count). The predicted octanol–water partition coefficient (Wildman–Crippen LogP) is 5.37. The normalized spacial score (nSPS) is 16.9. The molecular weight excluding hydrogens is 460 g/mol. The summed E-state index contributed by atoms with van der Waals surface area (Å²) in [5.41, 5.74) is 1.62. The highest BCUT2D eigenvalue weighted by atomic mass is 79.9. The van der Waals surface area contributed by atoms with Crippen LogP contribution < -0.4 is 4.90 Å². The van der Waals surface area contributed by atoms with Crippen molar-refractivity contribution in [2.75, 3.05) is 4.90 Å². The van der Waals surface area contributed by atoms with Gasteiger partial charge in [0.25, 0.3) is 5.91 Å². The fraction of sp³-hybridized carbons (Fsp3) is 0.150.